The summed E-state index contributed by atoms with van der Waals surface area (Å²) in [4.78, 5) is 28.9. The molecule has 0 atom stereocenters. The lowest BCUT2D eigenvalue weighted by Crippen LogP contribution is -2.21. The Morgan fingerprint density at radius 1 is 1.08 bits per heavy atom. The molecule has 36 heavy (non-hydrogen) atoms. The molecular formula is C26H21ClN4O3S2. The van der Waals surface area contributed by atoms with E-state index in [-0.39, 0.29) is 11.5 Å². The summed E-state index contributed by atoms with van der Waals surface area (Å²) in [5.74, 6) is 0.521. The molecule has 0 radical (unpaired) electrons. The molecule has 5 rings (SSSR count). The van der Waals surface area contributed by atoms with Gasteiger partial charge in [-0.05, 0) is 47.8 Å². The van der Waals surface area contributed by atoms with Crippen LogP contribution in [0.4, 0.5) is 5.82 Å². The molecule has 0 aliphatic carbocycles. The monoisotopic (exact) mass is 536 g/mol. The number of thiophene rings is 2. The molecule has 1 N–H and O–H groups in total. The summed E-state index contributed by atoms with van der Waals surface area (Å²) in [5, 5.41) is 9.82. The zero-order valence-electron chi connectivity index (χ0n) is 19.2. The van der Waals surface area contributed by atoms with E-state index in [1.807, 2.05) is 35.7 Å². The van der Waals surface area contributed by atoms with Crippen molar-refractivity contribution in [3.05, 3.63) is 108 Å². The van der Waals surface area contributed by atoms with Gasteiger partial charge in [0, 0.05) is 22.0 Å². The van der Waals surface area contributed by atoms with Gasteiger partial charge < -0.3 is 14.6 Å². The maximum absolute atomic E-state index is 13.6. The Morgan fingerprint density at radius 3 is 2.69 bits per heavy atom. The zero-order chi connectivity index (χ0) is 25.1. The van der Waals surface area contributed by atoms with E-state index in [0.717, 1.165) is 9.75 Å². The predicted molar refractivity (Wildman–Crippen MR) is 145 cm³/mol. The van der Waals surface area contributed by atoms with Gasteiger partial charge in [0.25, 0.3) is 11.5 Å². The van der Waals surface area contributed by atoms with E-state index in [4.69, 9.17) is 16.3 Å². The summed E-state index contributed by atoms with van der Waals surface area (Å²) in [6.45, 7) is 0.911. The molecule has 4 aromatic heterocycles. The van der Waals surface area contributed by atoms with E-state index in [9.17, 15) is 9.59 Å². The first-order valence-corrected chi connectivity index (χ1v) is 13.1. The molecule has 0 aliphatic heterocycles. The number of carbonyl (C=O) groups is 1. The van der Waals surface area contributed by atoms with E-state index in [0.29, 0.717) is 45.8 Å². The molecule has 182 valence electrons. The number of para-hydroxylation sites is 1. The number of nitrogens with zero attached hydrogens (tertiary/aromatic N) is 3. The third-order valence-corrected chi connectivity index (χ3v) is 7.61. The number of aromatic nitrogens is 3. The number of nitrogens with one attached hydrogen (secondary N) is 1. The highest BCUT2D eigenvalue weighted by Gasteiger charge is 2.21. The highest BCUT2D eigenvalue weighted by Crippen LogP contribution is 2.26. The summed E-state index contributed by atoms with van der Waals surface area (Å²) >= 11 is 9.11. The molecule has 0 fully saturated rings. The molecule has 0 saturated carbocycles. The second-order valence-electron chi connectivity index (χ2n) is 7.83. The van der Waals surface area contributed by atoms with Crippen LogP contribution in [0.5, 0.6) is 5.75 Å². The van der Waals surface area contributed by atoms with Crippen LogP contribution in [0.25, 0.3) is 11.3 Å². The van der Waals surface area contributed by atoms with Gasteiger partial charge in [-0.3, -0.25) is 9.59 Å². The number of hydrogen-bond acceptors (Lipinski definition) is 7. The van der Waals surface area contributed by atoms with Crippen LogP contribution in [-0.4, -0.2) is 27.4 Å². The number of ether oxygens (including phenoxy) is 1. The summed E-state index contributed by atoms with van der Waals surface area (Å²) in [5.41, 5.74) is 0.982. The Labute approximate surface area is 220 Å². The third-order valence-electron chi connectivity index (χ3n) is 5.51. The number of methoxy groups -OCH3 is 1. The minimum absolute atomic E-state index is 0.183. The van der Waals surface area contributed by atoms with Gasteiger partial charge >= 0.3 is 0 Å². The number of benzene rings is 1. The molecule has 0 saturated heterocycles. The van der Waals surface area contributed by atoms with Crippen LogP contribution in [0.1, 0.15) is 20.1 Å². The fourth-order valence-electron chi connectivity index (χ4n) is 3.78. The maximum atomic E-state index is 13.6. The molecule has 0 bridgehead atoms. The molecule has 0 spiro atoms. The largest absolute Gasteiger partial charge is 0.496 e. The standard InChI is InChI=1S/C26H21ClN4O3S2/c1-34-22-9-3-2-7-20(22)26(33)31-24(28-15-17-10-11-23(27)36-17)14-21(29-31)19-8-4-12-30(25(19)32)16-18-6-5-13-35-18/h2-14,28H,15-16H2,1H3. The number of hydrogen-bond donors (Lipinski definition) is 1. The van der Waals surface area contributed by atoms with Gasteiger partial charge in [-0.25, -0.2) is 0 Å². The lowest BCUT2D eigenvalue weighted by atomic mass is 10.2. The van der Waals surface area contributed by atoms with Gasteiger partial charge in [-0.1, -0.05) is 29.8 Å². The van der Waals surface area contributed by atoms with Crippen LogP contribution in [0.15, 0.2) is 83.1 Å². The normalized spacial score (nSPS) is 10.9. The molecule has 0 aliphatic rings. The molecule has 7 nitrogen and oxygen atoms in total. The minimum atomic E-state index is -0.375. The van der Waals surface area contributed by atoms with Crippen molar-refractivity contribution < 1.29 is 9.53 Å². The van der Waals surface area contributed by atoms with Gasteiger partial charge in [0.15, 0.2) is 0 Å². The Morgan fingerprint density at radius 2 is 1.94 bits per heavy atom. The summed E-state index contributed by atoms with van der Waals surface area (Å²) in [6, 6.07) is 19.9. The van der Waals surface area contributed by atoms with Gasteiger partial charge in [0.1, 0.15) is 17.3 Å². The van der Waals surface area contributed by atoms with Crippen LogP contribution in [0, 0.1) is 0 Å². The van der Waals surface area contributed by atoms with Crippen LogP contribution >= 0.6 is 34.3 Å². The molecule has 1 aromatic carbocycles. The van der Waals surface area contributed by atoms with E-state index >= 15 is 0 Å². The first kappa shape index (κ1) is 24.1. The fourth-order valence-corrected chi connectivity index (χ4v) is 5.51. The SMILES string of the molecule is COc1ccccc1C(=O)n1nc(-c2cccn(Cc3cccs3)c2=O)cc1NCc1ccc(Cl)s1. The molecule has 10 heteroatoms. The zero-order valence-corrected chi connectivity index (χ0v) is 21.6. The van der Waals surface area contributed by atoms with Gasteiger partial charge in [-0.2, -0.15) is 9.78 Å². The Bertz CT molecular complexity index is 1570. The lowest BCUT2D eigenvalue weighted by Gasteiger charge is -2.10. The number of halogens is 1. The van der Waals surface area contributed by atoms with Crippen molar-refractivity contribution in [3.8, 4) is 17.0 Å². The number of carbonyl (C=O) groups excluding carboxylic acids is 1. The highest BCUT2D eigenvalue weighted by atomic mass is 35.5. The van der Waals surface area contributed by atoms with Crippen LogP contribution in [0.3, 0.4) is 0 Å². The van der Waals surface area contributed by atoms with Crippen molar-refractivity contribution >= 4 is 46.0 Å². The molecular weight excluding hydrogens is 516 g/mol. The second-order valence-corrected chi connectivity index (χ2v) is 10.7. The average molecular weight is 537 g/mol. The summed E-state index contributed by atoms with van der Waals surface area (Å²) < 4.78 is 8.99. The third kappa shape index (κ3) is 4.99. The van der Waals surface area contributed by atoms with Crippen molar-refractivity contribution in [2.45, 2.75) is 13.1 Å². The van der Waals surface area contributed by atoms with E-state index in [1.54, 1.807) is 58.5 Å². The summed E-state index contributed by atoms with van der Waals surface area (Å²) in [7, 11) is 1.51. The van der Waals surface area contributed by atoms with Gasteiger partial charge in [0.2, 0.25) is 0 Å². The van der Waals surface area contributed by atoms with Crippen LogP contribution in [-0.2, 0) is 13.1 Å². The van der Waals surface area contributed by atoms with E-state index < -0.39 is 0 Å². The Hall–Kier alpha value is -3.66. The Balaban J connectivity index is 1.54. The van der Waals surface area contributed by atoms with E-state index in [2.05, 4.69) is 10.4 Å². The predicted octanol–water partition coefficient (Wildman–Crippen LogP) is 5.85. The van der Waals surface area contributed by atoms with Crippen molar-refractivity contribution in [2.24, 2.45) is 0 Å². The second kappa shape index (κ2) is 10.5. The van der Waals surface area contributed by atoms with Crippen LogP contribution < -0.4 is 15.6 Å². The van der Waals surface area contributed by atoms with Gasteiger partial charge in [0.05, 0.1) is 35.7 Å². The molecule has 0 unspecified atom stereocenters. The molecule has 0 amide bonds. The Kier molecular flexibility index (Phi) is 7.04. The van der Waals surface area contributed by atoms with Crippen molar-refractivity contribution in [1.82, 2.24) is 14.3 Å². The quantitative estimate of drug-likeness (QED) is 0.269. The number of rotatable bonds is 8. The minimum Gasteiger partial charge on any atom is -0.496 e. The first-order chi connectivity index (χ1) is 17.5. The number of anilines is 1. The number of pyridine rings is 1. The van der Waals surface area contributed by atoms with Crippen molar-refractivity contribution in [3.63, 3.8) is 0 Å². The lowest BCUT2D eigenvalue weighted by molar-refractivity contribution is 0.0945. The summed E-state index contributed by atoms with van der Waals surface area (Å²) in [6.07, 6.45) is 1.75. The van der Waals surface area contributed by atoms with Crippen molar-refractivity contribution in [2.75, 3.05) is 12.4 Å². The van der Waals surface area contributed by atoms with Gasteiger partial charge in [-0.15, -0.1) is 22.7 Å². The highest BCUT2D eigenvalue weighted by molar-refractivity contribution is 7.16. The smallest absolute Gasteiger partial charge is 0.283 e. The molecule has 4 heterocycles. The topological polar surface area (TPSA) is 78.2 Å². The molecule has 5 aromatic rings. The average Bonchev–Trinajstić information content (AvgIpc) is 3.65. The van der Waals surface area contributed by atoms with Crippen LogP contribution in [0.2, 0.25) is 4.34 Å². The fraction of sp³-hybridized carbons (Fsp3) is 0.115. The first-order valence-electron chi connectivity index (χ1n) is 11.0. The van der Waals surface area contributed by atoms with E-state index in [1.165, 1.54) is 23.1 Å². The van der Waals surface area contributed by atoms with Crippen molar-refractivity contribution in [1.29, 1.82) is 0 Å². The maximum Gasteiger partial charge on any atom is 0.283 e.